The van der Waals surface area contributed by atoms with Gasteiger partial charge < -0.3 is 10.2 Å². The Morgan fingerprint density at radius 1 is 1.11 bits per heavy atom. The summed E-state index contributed by atoms with van der Waals surface area (Å²) in [7, 11) is -1.84. The van der Waals surface area contributed by atoms with Crippen molar-refractivity contribution in [2.24, 2.45) is 0 Å². The zero-order chi connectivity index (χ0) is 20.1. The van der Waals surface area contributed by atoms with Gasteiger partial charge in [0.15, 0.2) is 0 Å². The fourth-order valence-electron chi connectivity index (χ4n) is 3.20. The van der Waals surface area contributed by atoms with Gasteiger partial charge in [0.1, 0.15) is 6.54 Å². The minimum Gasteiger partial charge on any atom is -0.352 e. The summed E-state index contributed by atoms with van der Waals surface area (Å²) in [5, 5.41) is 3.47. The predicted octanol–water partition coefficient (Wildman–Crippen LogP) is 2.75. The standard InChI is InChI=1S/C20H24ClN3O3S/c1-23-13-11-17(12-14-23)22-20(25)15-24(18-9-7-16(21)8-10-18)28(26,27)19-5-3-2-4-6-19/h2-10,17H,11-15H2,1H3,(H,22,25). The lowest BCUT2D eigenvalue weighted by molar-refractivity contribution is -0.120. The van der Waals surface area contributed by atoms with E-state index in [-0.39, 0.29) is 23.4 Å². The number of piperidine rings is 1. The first kappa shape index (κ1) is 20.6. The third-order valence-corrected chi connectivity index (χ3v) is 6.86. The van der Waals surface area contributed by atoms with Crippen LogP contribution in [0.2, 0.25) is 5.02 Å². The Morgan fingerprint density at radius 3 is 2.32 bits per heavy atom. The fraction of sp³-hybridized carbons (Fsp3) is 0.350. The number of amides is 1. The van der Waals surface area contributed by atoms with Gasteiger partial charge in [0.05, 0.1) is 10.6 Å². The molecule has 6 nitrogen and oxygen atoms in total. The Kier molecular flexibility index (Phi) is 6.59. The first-order chi connectivity index (χ1) is 13.4. The van der Waals surface area contributed by atoms with Crippen molar-refractivity contribution in [2.75, 3.05) is 31.0 Å². The first-order valence-corrected chi connectivity index (χ1v) is 11.0. The highest BCUT2D eigenvalue weighted by Gasteiger charge is 2.28. The minimum atomic E-state index is -3.89. The van der Waals surface area contributed by atoms with Crippen molar-refractivity contribution in [3.8, 4) is 0 Å². The van der Waals surface area contributed by atoms with Gasteiger partial charge in [-0.1, -0.05) is 29.8 Å². The molecule has 0 saturated carbocycles. The SMILES string of the molecule is CN1CCC(NC(=O)CN(c2ccc(Cl)cc2)S(=O)(=O)c2ccccc2)CC1. The third kappa shape index (κ3) is 5.04. The maximum atomic E-state index is 13.2. The molecule has 8 heteroatoms. The Hall–Kier alpha value is -2.09. The second-order valence-electron chi connectivity index (χ2n) is 6.95. The molecule has 1 heterocycles. The van der Waals surface area contributed by atoms with Crippen molar-refractivity contribution in [1.82, 2.24) is 10.2 Å². The van der Waals surface area contributed by atoms with Gasteiger partial charge in [-0.05, 0) is 69.4 Å². The Morgan fingerprint density at radius 2 is 1.71 bits per heavy atom. The summed E-state index contributed by atoms with van der Waals surface area (Å²) < 4.78 is 27.5. The molecule has 1 aliphatic heterocycles. The van der Waals surface area contributed by atoms with Crippen molar-refractivity contribution in [1.29, 1.82) is 0 Å². The first-order valence-electron chi connectivity index (χ1n) is 9.17. The van der Waals surface area contributed by atoms with E-state index in [0.717, 1.165) is 30.2 Å². The monoisotopic (exact) mass is 421 g/mol. The summed E-state index contributed by atoms with van der Waals surface area (Å²) in [5.74, 6) is -0.316. The van der Waals surface area contributed by atoms with Gasteiger partial charge in [-0.25, -0.2) is 8.42 Å². The molecule has 0 aromatic heterocycles. The molecule has 0 atom stereocenters. The molecule has 2 aromatic rings. The van der Waals surface area contributed by atoms with E-state index in [1.54, 1.807) is 42.5 Å². The van der Waals surface area contributed by atoms with E-state index < -0.39 is 10.0 Å². The van der Waals surface area contributed by atoms with Gasteiger partial charge >= 0.3 is 0 Å². The molecule has 0 aliphatic carbocycles. The van der Waals surface area contributed by atoms with Gasteiger partial charge in [0.2, 0.25) is 5.91 Å². The normalized spacial score (nSPS) is 15.9. The average Bonchev–Trinajstić information content (AvgIpc) is 2.69. The summed E-state index contributed by atoms with van der Waals surface area (Å²) in [4.78, 5) is 15.0. The van der Waals surface area contributed by atoms with Crippen molar-refractivity contribution >= 4 is 33.2 Å². The molecule has 150 valence electrons. The Balaban J connectivity index is 1.82. The zero-order valence-electron chi connectivity index (χ0n) is 15.7. The van der Waals surface area contributed by atoms with E-state index in [2.05, 4.69) is 10.2 Å². The van der Waals surface area contributed by atoms with Crippen LogP contribution in [-0.2, 0) is 14.8 Å². The molecule has 0 bridgehead atoms. The van der Waals surface area contributed by atoms with E-state index in [4.69, 9.17) is 11.6 Å². The highest BCUT2D eigenvalue weighted by atomic mass is 35.5. The van der Waals surface area contributed by atoms with Crippen LogP contribution in [0.3, 0.4) is 0 Å². The molecule has 1 amide bonds. The lowest BCUT2D eigenvalue weighted by Crippen LogP contribution is -2.47. The number of hydrogen-bond donors (Lipinski definition) is 1. The van der Waals surface area contributed by atoms with Crippen LogP contribution in [0, 0.1) is 0 Å². The average molecular weight is 422 g/mol. The second-order valence-corrected chi connectivity index (χ2v) is 9.24. The zero-order valence-corrected chi connectivity index (χ0v) is 17.3. The molecule has 1 fully saturated rings. The number of benzene rings is 2. The third-order valence-electron chi connectivity index (χ3n) is 4.82. The number of hydrogen-bond acceptors (Lipinski definition) is 4. The maximum absolute atomic E-state index is 13.2. The van der Waals surface area contributed by atoms with E-state index in [0.29, 0.717) is 10.7 Å². The maximum Gasteiger partial charge on any atom is 0.264 e. The molecule has 28 heavy (non-hydrogen) atoms. The van der Waals surface area contributed by atoms with Gasteiger partial charge in [-0.3, -0.25) is 9.10 Å². The smallest absolute Gasteiger partial charge is 0.264 e. The number of nitrogens with one attached hydrogen (secondary N) is 1. The van der Waals surface area contributed by atoms with Crippen LogP contribution in [0.15, 0.2) is 59.5 Å². The molecule has 1 saturated heterocycles. The van der Waals surface area contributed by atoms with Crippen molar-refractivity contribution in [3.05, 3.63) is 59.6 Å². The van der Waals surface area contributed by atoms with Crippen LogP contribution in [0.5, 0.6) is 0 Å². The van der Waals surface area contributed by atoms with Crippen LogP contribution >= 0.6 is 11.6 Å². The number of sulfonamides is 1. The highest BCUT2D eigenvalue weighted by molar-refractivity contribution is 7.92. The van der Waals surface area contributed by atoms with E-state index >= 15 is 0 Å². The van der Waals surface area contributed by atoms with Gasteiger partial charge in [-0.15, -0.1) is 0 Å². The molecule has 1 N–H and O–H groups in total. The molecular weight excluding hydrogens is 398 g/mol. The van der Waals surface area contributed by atoms with Gasteiger partial charge in [-0.2, -0.15) is 0 Å². The van der Waals surface area contributed by atoms with Crippen molar-refractivity contribution < 1.29 is 13.2 Å². The predicted molar refractivity (Wildman–Crippen MR) is 111 cm³/mol. The topological polar surface area (TPSA) is 69.7 Å². The van der Waals surface area contributed by atoms with Crippen LogP contribution < -0.4 is 9.62 Å². The van der Waals surface area contributed by atoms with Gasteiger partial charge in [0.25, 0.3) is 10.0 Å². The fourth-order valence-corrected chi connectivity index (χ4v) is 4.77. The second kappa shape index (κ2) is 8.94. The van der Waals surface area contributed by atoms with Crippen LogP contribution in [0.4, 0.5) is 5.69 Å². The number of halogens is 1. The van der Waals surface area contributed by atoms with Crippen molar-refractivity contribution in [2.45, 2.75) is 23.8 Å². The highest BCUT2D eigenvalue weighted by Crippen LogP contribution is 2.25. The van der Waals surface area contributed by atoms with Gasteiger partial charge in [0, 0.05) is 11.1 Å². The van der Waals surface area contributed by atoms with Crippen LogP contribution in [0.25, 0.3) is 0 Å². The number of carbonyl (C=O) groups is 1. The molecular formula is C20H24ClN3O3S. The molecule has 0 spiro atoms. The molecule has 2 aromatic carbocycles. The molecule has 1 aliphatic rings. The van der Waals surface area contributed by atoms with Crippen LogP contribution in [-0.4, -0.2) is 51.9 Å². The minimum absolute atomic E-state index is 0.0650. The summed E-state index contributed by atoms with van der Waals surface area (Å²) in [6, 6.07) is 14.6. The van der Waals surface area contributed by atoms with E-state index in [9.17, 15) is 13.2 Å². The van der Waals surface area contributed by atoms with Crippen LogP contribution in [0.1, 0.15) is 12.8 Å². The Bertz CT molecular complexity index is 896. The molecule has 0 radical (unpaired) electrons. The number of nitrogens with zero attached hydrogens (tertiary/aromatic N) is 2. The molecule has 3 rings (SSSR count). The van der Waals surface area contributed by atoms with E-state index in [1.165, 1.54) is 12.1 Å². The van der Waals surface area contributed by atoms with E-state index in [1.807, 2.05) is 7.05 Å². The Labute approximate surface area is 171 Å². The summed E-state index contributed by atoms with van der Waals surface area (Å²) in [6.07, 6.45) is 1.71. The number of likely N-dealkylation sites (tertiary alicyclic amines) is 1. The lowest BCUT2D eigenvalue weighted by Gasteiger charge is -2.30. The lowest BCUT2D eigenvalue weighted by atomic mass is 10.1. The summed E-state index contributed by atoms with van der Waals surface area (Å²) in [5.41, 5.74) is 0.395. The quantitative estimate of drug-likeness (QED) is 0.778. The number of carbonyl (C=O) groups excluding carboxylic acids is 1. The number of anilines is 1. The van der Waals surface area contributed by atoms with Crippen molar-refractivity contribution in [3.63, 3.8) is 0 Å². The summed E-state index contributed by atoms with van der Waals surface area (Å²) in [6.45, 7) is 1.54. The summed E-state index contributed by atoms with van der Waals surface area (Å²) >= 11 is 5.94. The molecule has 0 unspecified atom stereocenters. The number of rotatable bonds is 6. The largest absolute Gasteiger partial charge is 0.352 e.